The summed E-state index contributed by atoms with van der Waals surface area (Å²) in [4.78, 5) is 11.7. The number of hydrogen-bond acceptors (Lipinski definition) is 2. The predicted octanol–water partition coefficient (Wildman–Crippen LogP) is 3.19. The maximum atomic E-state index is 12.2. The molecule has 0 heterocycles. The number of amides is 1. The van der Waals surface area contributed by atoms with E-state index in [1.54, 1.807) is 19.9 Å². The third-order valence-corrected chi connectivity index (χ3v) is 2.32. The summed E-state index contributed by atoms with van der Waals surface area (Å²) in [6, 6.07) is 4.28. The molecule has 94 valence electrons. The van der Waals surface area contributed by atoms with Gasteiger partial charge >= 0.3 is 6.61 Å². The van der Waals surface area contributed by atoms with E-state index in [-0.39, 0.29) is 17.4 Å². The Bertz CT molecular complexity index is 410. The molecule has 0 saturated carbocycles. The summed E-state index contributed by atoms with van der Waals surface area (Å²) in [5.41, 5.74) is 0.0854. The average molecular weight is 308 g/mol. The van der Waals surface area contributed by atoms with Gasteiger partial charge in [-0.05, 0) is 32.0 Å². The van der Waals surface area contributed by atoms with E-state index in [1.807, 2.05) is 0 Å². The maximum absolute atomic E-state index is 12.2. The van der Waals surface area contributed by atoms with E-state index in [2.05, 4.69) is 26.0 Å². The molecule has 0 aliphatic rings. The molecule has 0 unspecified atom stereocenters. The van der Waals surface area contributed by atoms with Gasteiger partial charge in [-0.2, -0.15) is 8.78 Å². The Morgan fingerprint density at radius 1 is 1.41 bits per heavy atom. The first-order valence-electron chi connectivity index (χ1n) is 4.95. The van der Waals surface area contributed by atoms with E-state index in [0.29, 0.717) is 4.47 Å². The van der Waals surface area contributed by atoms with E-state index in [1.165, 1.54) is 12.1 Å². The maximum Gasteiger partial charge on any atom is 0.387 e. The second-order valence-corrected chi connectivity index (χ2v) is 4.56. The summed E-state index contributed by atoms with van der Waals surface area (Å²) in [6.45, 7) is 0.601. The van der Waals surface area contributed by atoms with E-state index >= 15 is 0 Å². The number of alkyl halides is 2. The van der Waals surface area contributed by atoms with Crippen molar-refractivity contribution in [3.8, 4) is 5.75 Å². The molecule has 1 amide bonds. The number of halogens is 3. The van der Waals surface area contributed by atoms with Crippen molar-refractivity contribution in [2.75, 3.05) is 0 Å². The lowest BCUT2D eigenvalue weighted by atomic mass is 10.2. The standard InChI is InChI=1S/C11H12BrF2NO2/c1-6(2)15-10(16)8-4-3-7(12)5-9(8)17-11(13)14/h3-6,11H,1-2H3,(H,15,16). The lowest BCUT2D eigenvalue weighted by Crippen LogP contribution is -2.30. The van der Waals surface area contributed by atoms with Crippen LogP contribution >= 0.6 is 15.9 Å². The summed E-state index contributed by atoms with van der Waals surface area (Å²) in [7, 11) is 0. The fourth-order valence-corrected chi connectivity index (χ4v) is 1.56. The fraction of sp³-hybridized carbons (Fsp3) is 0.364. The summed E-state index contributed by atoms with van der Waals surface area (Å²) in [6.07, 6.45) is 0. The van der Waals surface area contributed by atoms with Crippen LogP contribution in [0.1, 0.15) is 24.2 Å². The minimum absolute atomic E-state index is 0.0782. The molecule has 1 aromatic carbocycles. The van der Waals surface area contributed by atoms with Crippen molar-refractivity contribution in [1.82, 2.24) is 5.32 Å². The SMILES string of the molecule is CC(C)NC(=O)c1ccc(Br)cc1OC(F)F. The van der Waals surface area contributed by atoms with Crippen molar-refractivity contribution in [3.05, 3.63) is 28.2 Å². The van der Waals surface area contributed by atoms with Crippen LogP contribution in [0.3, 0.4) is 0 Å². The van der Waals surface area contributed by atoms with Crippen molar-refractivity contribution < 1.29 is 18.3 Å². The molecule has 0 aliphatic carbocycles. The molecule has 0 saturated heterocycles. The second kappa shape index (κ2) is 5.95. The van der Waals surface area contributed by atoms with Crippen LogP contribution in [0.2, 0.25) is 0 Å². The highest BCUT2D eigenvalue weighted by molar-refractivity contribution is 9.10. The van der Waals surface area contributed by atoms with Crippen LogP contribution in [-0.4, -0.2) is 18.6 Å². The number of benzene rings is 1. The zero-order valence-electron chi connectivity index (χ0n) is 9.34. The quantitative estimate of drug-likeness (QED) is 0.927. The smallest absolute Gasteiger partial charge is 0.387 e. The van der Waals surface area contributed by atoms with E-state index in [9.17, 15) is 13.6 Å². The molecule has 3 nitrogen and oxygen atoms in total. The molecule has 0 fully saturated rings. The van der Waals surface area contributed by atoms with E-state index in [4.69, 9.17) is 0 Å². The third-order valence-electron chi connectivity index (χ3n) is 1.82. The molecule has 1 aromatic rings. The molecule has 1 N–H and O–H groups in total. The fourth-order valence-electron chi connectivity index (χ4n) is 1.22. The van der Waals surface area contributed by atoms with Gasteiger partial charge < -0.3 is 10.1 Å². The highest BCUT2D eigenvalue weighted by Gasteiger charge is 2.16. The van der Waals surface area contributed by atoms with Crippen LogP contribution < -0.4 is 10.1 Å². The zero-order valence-corrected chi connectivity index (χ0v) is 10.9. The number of rotatable bonds is 4. The van der Waals surface area contributed by atoms with Crippen LogP contribution in [0.4, 0.5) is 8.78 Å². The lowest BCUT2D eigenvalue weighted by Gasteiger charge is -2.13. The Labute approximate surface area is 106 Å². The Hall–Kier alpha value is -1.17. The monoisotopic (exact) mass is 307 g/mol. The Morgan fingerprint density at radius 3 is 2.59 bits per heavy atom. The van der Waals surface area contributed by atoms with Crippen LogP contribution in [0.25, 0.3) is 0 Å². The van der Waals surface area contributed by atoms with Gasteiger partial charge in [-0.25, -0.2) is 0 Å². The topological polar surface area (TPSA) is 38.3 Å². The first kappa shape index (κ1) is 13.9. The summed E-state index contributed by atoms with van der Waals surface area (Å²) in [5, 5.41) is 2.61. The molecular formula is C11H12BrF2NO2. The minimum Gasteiger partial charge on any atom is -0.434 e. The molecule has 0 spiro atoms. The molecule has 0 aliphatic heterocycles. The van der Waals surface area contributed by atoms with Gasteiger partial charge in [0.25, 0.3) is 5.91 Å². The van der Waals surface area contributed by atoms with Crippen molar-refractivity contribution >= 4 is 21.8 Å². The predicted molar refractivity (Wildman–Crippen MR) is 63.4 cm³/mol. The third kappa shape index (κ3) is 4.30. The summed E-state index contributed by atoms with van der Waals surface area (Å²) in [5.74, 6) is -0.587. The van der Waals surface area contributed by atoms with Crippen molar-refractivity contribution in [2.45, 2.75) is 26.5 Å². The molecule has 0 radical (unpaired) electrons. The van der Waals surface area contributed by atoms with Gasteiger partial charge in [0.05, 0.1) is 5.56 Å². The first-order valence-corrected chi connectivity index (χ1v) is 5.74. The number of carbonyl (C=O) groups is 1. The van der Waals surface area contributed by atoms with Gasteiger partial charge in [0.2, 0.25) is 0 Å². The van der Waals surface area contributed by atoms with Gasteiger partial charge in [-0.15, -0.1) is 0 Å². The van der Waals surface area contributed by atoms with Crippen LogP contribution in [0, 0.1) is 0 Å². The zero-order chi connectivity index (χ0) is 13.0. The van der Waals surface area contributed by atoms with Crippen LogP contribution in [-0.2, 0) is 0 Å². The molecule has 6 heteroatoms. The largest absolute Gasteiger partial charge is 0.434 e. The molecule has 1 rings (SSSR count). The normalized spacial score (nSPS) is 10.8. The number of carbonyl (C=O) groups excluding carboxylic acids is 1. The highest BCUT2D eigenvalue weighted by atomic mass is 79.9. The van der Waals surface area contributed by atoms with Crippen molar-refractivity contribution in [3.63, 3.8) is 0 Å². The number of ether oxygens (including phenoxy) is 1. The molecular weight excluding hydrogens is 296 g/mol. The first-order chi connectivity index (χ1) is 7.90. The van der Waals surface area contributed by atoms with Crippen LogP contribution in [0.15, 0.2) is 22.7 Å². The molecule has 0 bridgehead atoms. The lowest BCUT2D eigenvalue weighted by molar-refractivity contribution is -0.0502. The number of nitrogens with one attached hydrogen (secondary N) is 1. The average Bonchev–Trinajstić information content (AvgIpc) is 2.15. The van der Waals surface area contributed by atoms with Crippen LogP contribution in [0.5, 0.6) is 5.75 Å². The summed E-state index contributed by atoms with van der Waals surface area (Å²) < 4.78 is 29.2. The van der Waals surface area contributed by atoms with Gasteiger partial charge in [0, 0.05) is 10.5 Å². The van der Waals surface area contributed by atoms with Crippen molar-refractivity contribution in [1.29, 1.82) is 0 Å². The molecule has 17 heavy (non-hydrogen) atoms. The molecule has 0 aromatic heterocycles. The van der Waals surface area contributed by atoms with Crippen molar-refractivity contribution in [2.24, 2.45) is 0 Å². The van der Waals surface area contributed by atoms with Gasteiger partial charge in [-0.3, -0.25) is 4.79 Å². The Balaban J connectivity index is 3.01. The second-order valence-electron chi connectivity index (χ2n) is 3.65. The van der Waals surface area contributed by atoms with Gasteiger partial charge in [0.15, 0.2) is 0 Å². The minimum atomic E-state index is -2.96. The highest BCUT2D eigenvalue weighted by Crippen LogP contribution is 2.25. The van der Waals surface area contributed by atoms with Gasteiger partial charge in [-0.1, -0.05) is 15.9 Å². The Kier molecular flexibility index (Phi) is 4.86. The number of hydrogen-bond donors (Lipinski definition) is 1. The molecule has 0 atom stereocenters. The van der Waals surface area contributed by atoms with E-state index in [0.717, 1.165) is 0 Å². The summed E-state index contributed by atoms with van der Waals surface area (Å²) >= 11 is 3.13. The van der Waals surface area contributed by atoms with Gasteiger partial charge in [0.1, 0.15) is 5.75 Å². The Morgan fingerprint density at radius 2 is 2.06 bits per heavy atom. The van der Waals surface area contributed by atoms with E-state index < -0.39 is 12.5 Å².